The summed E-state index contributed by atoms with van der Waals surface area (Å²) in [5, 5.41) is 15.7. The zero-order valence-electron chi connectivity index (χ0n) is 13.9. The van der Waals surface area contributed by atoms with Gasteiger partial charge in [-0.2, -0.15) is 5.10 Å². The molecule has 1 aromatic carbocycles. The molecule has 0 aliphatic carbocycles. The molecule has 1 amide bonds. The number of carbonyl (C=O) groups is 2. The molecular formula is C18H20N3O3-. The average Bonchev–Trinajstić information content (AvgIpc) is 2.89. The van der Waals surface area contributed by atoms with Crippen LogP contribution in [0.15, 0.2) is 30.3 Å². The van der Waals surface area contributed by atoms with Crippen LogP contribution in [0.2, 0.25) is 0 Å². The zero-order valence-corrected chi connectivity index (χ0v) is 13.9. The summed E-state index contributed by atoms with van der Waals surface area (Å²) in [6.07, 6.45) is 0.643. The number of aryl methyl sites for hydroxylation is 2. The van der Waals surface area contributed by atoms with Gasteiger partial charge in [-0.05, 0) is 37.5 Å². The van der Waals surface area contributed by atoms with E-state index in [2.05, 4.69) is 11.2 Å². The van der Waals surface area contributed by atoms with Gasteiger partial charge in [0.05, 0.1) is 18.1 Å². The molecule has 2 aromatic rings. The summed E-state index contributed by atoms with van der Waals surface area (Å²) < 4.78 is 1.38. The standard InChI is InChI=1S/C18H21N3O3/c1-12-9-13(2)21(19-12)16(18(23)24)10-17(22)20-8-7-14-5-3-4-6-15(14)11-20/h3-6,9,16H,7-8,10-11H2,1-2H3,(H,23,24)/p-1. The molecule has 0 bridgehead atoms. The maximum atomic E-state index is 12.6. The Bertz CT molecular complexity index is 782. The Kier molecular flexibility index (Phi) is 4.38. The molecule has 1 unspecified atom stereocenters. The fraction of sp³-hybridized carbons (Fsp3) is 0.389. The van der Waals surface area contributed by atoms with Crippen LogP contribution in [-0.4, -0.2) is 33.1 Å². The highest BCUT2D eigenvalue weighted by atomic mass is 16.4. The van der Waals surface area contributed by atoms with E-state index in [0.29, 0.717) is 18.8 Å². The number of nitrogens with zero attached hydrogens (tertiary/aromatic N) is 3. The number of benzene rings is 1. The molecule has 0 fully saturated rings. The first-order valence-corrected chi connectivity index (χ1v) is 8.04. The molecule has 1 atom stereocenters. The third-order valence-electron chi connectivity index (χ3n) is 4.46. The van der Waals surface area contributed by atoms with Crippen molar-refractivity contribution in [2.75, 3.05) is 6.54 Å². The summed E-state index contributed by atoms with van der Waals surface area (Å²) >= 11 is 0. The van der Waals surface area contributed by atoms with Crippen molar-refractivity contribution in [3.63, 3.8) is 0 Å². The Morgan fingerprint density at radius 1 is 1.25 bits per heavy atom. The van der Waals surface area contributed by atoms with E-state index < -0.39 is 12.0 Å². The molecule has 24 heavy (non-hydrogen) atoms. The van der Waals surface area contributed by atoms with Crippen LogP contribution in [0.4, 0.5) is 0 Å². The van der Waals surface area contributed by atoms with Gasteiger partial charge in [-0.1, -0.05) is 24.3 Å². The molecule has 0 saturated heterocycles. The third-order valence-corrected chi connectivity index (χ3v) is 4.46. The van der Waals surface area contributed by atoms with Crippen molar-refractivity contribution < 1.29 is 14.7 Å². The van der Waals surface area contributed by atoms with Gasteiger partial charge in [0.25, 0.3) is 0 Å². The van der Waals surface area contributed by atoms with Gasteiger partial charge in [0.2, 0.25) is 5.91 Å². The Balaban J connectivity index is 1.75. The fourth-order valence-electron chi connectivity index (χ4n) is 3.23. The largest absolute Gasteiger partial charge is 0.548 e. The molecule has 3 rings (SSSR count). The highest BCUT2D eigenvalue weighted by molar-refractivity contribution is 5.82. The minimum atomic E-state index is -1.29. The maximum Gasteiger partial charge on any atom is 0.225 e. The number of carbonyl (C=O) groups excluding carboxylic acids is 2. The molecule has 1 aliphatic rings. The third kappa shape index (κ3) is 3.18. The zero-order chi connectivity index (χ0) is 17.3. The second kappa shape index (κ2) is 6.47. The minimum absolute atomic E-state index is 0.146. The van der Waals surface area contributed by atoms with Gasteiger partial charge < -0.3 is 14.8 Å². The van der Waals surface area contributed by atoms with E-state index in [1.807, 2.05) is 18.2 Å². The number of aliphatic carboxylic acids is 1. The average molecular weight is 326 g/mol. The molecular weight excluding hydrogens is 306 g/mol. The quantitative estimate of drug-likeness (QED) is 0.831. The predicted octanol–water partition coefficient (Wildman–Crippen LogP) is 0.766. The summed E-state index contributed by atoms with van der Waals surface area (Å²) in [6.45, 7) is 4.69. The normalized spacial score (nSPS) is 15.0. The molecule has 0 saturated carbocycles. The summed E-state index contributed by atoms with van der Waals surface area (Å²) in [4.78, 5) is 25.9. The summed E-state index contributed by atoms with van der Waals surface area (Å²) in [6, 6.07) is 8.72. The lowest BCUT2D eigenvalue weighted by molar-refractivity contribution is -0.310. The minimum Gasteiger partial charge on any atom is -0.548 e. The van der Waals surface area contributed by atoms with E-state index in [1.54, 1.807) is 24.8 Å². The number of fused-ring (bicyclic) bond motifs is 1. The van der Waals surface area contributed by atoms with Crippen molar-refractivity contribution in [3.05, 3.63) is 52.8 Å². The van der Waals surface area contributed by atoms with E-state index in [-0.39, 0.29) is 12.3 Å². The molecule has 1 aromatic heterocycles. The number of carboxylic acids is 1. The molecule has 6 nitrogen and oxygen atoms in total. The van der Waals surface area contributed by atoms with Crippen molar-refractivity contribution in [1.82, 2.24) is 14.7 Å². The van der Waals surface area contributed by atoms with Crippen LogP contribution in [0.25, 0.3) is 0 Å². The molecule has 2 heterocycles. The van der Waals surface area contributed by atoms with Crippen molar-refractivity contribution in [2.45, 2.75) is 39.3 Å². The van der Waals surface area contributed by atoms with Gasteiger partial charge >= 0.3 is 0 Å². The molecule has 0 N–H and O–H groups in total. The molecule has 1 aliphatic heterocycles. The highest BCUT2D eigenvalue weighted by Crippen LogP contribution is 2.22. The lowest BCUT2D eigenvalue weighted by Gasteiger charge is -2.30. The summed E-state index contributed by atoms with van der Waals surface area (Å²) in [5.74, 6) is -1.47. The van der Waals surface area contributed by atoms with Crippen LogP contribution in [0.5, 0.6) is 0 Å². The van der Waals surface area contributed by atoms with Crippen molar-refractivity contribution in [1.29, 1.82) is 0 Å². The highest BCUT2D eigenvalue weighted by Gasteiger charge is 2.25. The van der Waals surface area contributed by atoms with E-state index in [1.165, 1.54) is 10.2 Å². The molecule has 126 valence electrons. The monoisotopic (exact) mass is 326 g/mol. The van der Waals surface area contributed by atoms with Gasteiger partial charge in [-0.15, -0.1) is 0 Å². The number of aromatic nitrogens is 2. The lowest BCUT2D eigenvalue weighted by Crippen LogP contribution is -2.41. The van der Waals surface area contributed by atoms with E-state index in [9.17, 15) is 14.7 Å². The van der Waals surface area contributed by atoms with Gasteiger partial charge in [0.15, 0.2) is 0 Å². The van der Waals surface area contributed by atoms with Gasteiger partial charge in [0.1, 0.15) is 6.04 Å². The summed E-state index contributed by atoms with van der Waals surface area (Å²) in [5.41, 5.74) is 3.79. The predicted molar refractivity (Wildman–Crippen MR) is 85.9 cm³/mol. The second-order valence-electron chi connectivity index (χ2n) is 6.24. The number of hydrogen-bond donors (Lipinski definition) is 0. The van der Waals surface area contributed by atoms with Crippen molar-refractivity contribution in [2.24, 2.45) is 0 Å². The Morgan fingerprint density at radius 2 is 1.96 bits per heavy atom. The van der Waals surface area contributed by atoms with Crippen LogP contribution in [0.1, 0.15) is 35.0 Å². The summed E-state index contributed by atoms with van der Waals surface area (Å²) in [7, 11) is 0. The first kappa shape index (κ1) is 16.2. The number of carboxylic acid groups (broad SMARTS) is 1. The van der Waals surface area contributed by atoms with Gasteiger partial charge in [0, 0.05) is 18.8 Å². The first-order valence-electron chi connectivity index (χ1n) is 8.04. The number of hydrogen-bond acceptors (Lipinski definition) is 4. The topological polar surface area (TPSA) is 78.3 Å². The maximum absolute atomic E-state index is 12.6. The van der Waals surface area contributed by atoms with E-state index >= 15 is 0 Å². The molecule has 0 spiro atoms. The SMILES string of the molecule is Cc1cc(C)n(C(CC(=O)N2CCc3ccccc3C2)C(=O)[O-])n1. The van der Waals surface area contributed by atoms with Crippen LogP contribution >= 0.6 is 0 Å². The van der Waals surface area contributed by atoms with Gasteiger partial charge in [-0.25, -0.2) is 0 Å². The Morgan fingerprint density at radius 3 is 2.58 bits per heavy atom. The number of amides is 1. The molecule has 6 heteroatoms. The smallest absolute Gasteiger partial charge is 0.225 e. The fourth-order valence-corrected chi connectivity index (χ4v) is 3.23. The van der Waals surface area contributed by atoms with Crippen LogP contribution in [-0.2, 0) is 22.6 Å². The lowest BCUT2D eigenvalue weighted by atomic mass is 9.99. The van der Waals surface area contributed by atoms with E-state index in [0.717, 1.165) is 17.7 Å². The van der Waals surface area contributed by atoms with Crippen molar-refractivity contribution in [3.8, 4) is 0 Å². The van der Waals surface area contributed by atoms with Crippen LogP contribution in [0, 0.1) is 13.8 Å². The Labute approximate surface area is 140 Å². The number of rotatable bonds is 4. The first-order chi connectivity index (χ1) is 11.5. The van der Waals surface area contributed by atoms with E-state index in [4.69, 9.17) is 0 Å². The van der Waals surface area contributed by atoms with Gasteiger partial charge in [-0.3, -0.25) is 9.48 Å². The van der Waals surface area contributed by atoms with Crippen molar-refractivity contribution >= 4 is 11.9 Å². The Hall–Kier alpha value is -2.63. The van der Waals surface area contributed by atoms with Crippen LogP contribution in [0.3, 0.4) is 0 Å². The second-order valence-corrected chi connectivity index (χ2v) is 6.24. The van der Waals surface area contributed by atoms with Crippen LogP contribution < -0.4 is 5.11 Å². The molecule has 0 radical (unpaired) electrons.